The number of ether oxygens (including phenoxy) is 4. The highest BCUT2D eigenvalue weighted by Gasteiger charge is 2.31. The van der Waals surface area contributed by atoms with Gasteiger partial charge in [0.25, 0.3) is 0 Å². The van der Waals surface area contributed by atoms with E-state index in [1.54, 1.807) is 31.2 Å². The molecule has 40 nitrogen and oxygen atoms in total. The Morgan fingerprint density at radius 2 is 0.828 bits per heavy atom. The summed E-state index contributed by atoms with van der Waals surface area (Å²) in [5.41, 5.74) is 5.01. The number of hydrogen-bond donors (Lipinski definition) is 4. The molecule has 0 amide bonds. The lowest BCUT2D eigenvalue weighted by Crippen LogP contribution is -2.24. The van der Waals surface area contributed by atoms with Gasteiger partial charge < -0.3 is 18.9 Å². The van der Waals surface area contributed by atoms with Crippen LogP contribution in [0, 0.1) is 10.6 Å². The molecule has 0 spiro atoms. The number of rotatable bonds is 18. The number of H-pyrrole nitrogens is 4. The van der Waals surface area contributed by atoms with E-state index in [0.29, 0.717) is 90.4 Å². The van der Waals surface area contributed by atoms with Crippen LogP contribution in [-0.4, -0.2) is 161 Å². The minimum atomic E-state index is -0.402. The number of tetrazole rings is 4. The number of aromatic nitrogens is 32. The lowest BCUT2D eigenvalue weighted by molar-refractivity contribution is 0.290. The van der Waals surface area contributed by atoms with Crippen LogP contribution in [0.5, 0.6) is 23.5 Å². The maximum Gasteiger partial charge on any atom is 0.368 e. The standard InChI is InChI=1S/C13H14N8O2.C12H14N8O2.C11H12N8O2.C10H9IN8O2/c1-20-13(22)21(19-18-20)10-6-15-17-12(8-2-3-8)9(10)7-23-11-4-5-14-16-11;1-3-9-8(7-22-11-4-5-13-16-11)10(6-14-15-9)20-12(21)19(2)17-18-20;1-7-8(6-21-10-3-4-12-15-10)9(5-13-14-7)19-11(20)18(2)16-17-19;1-18-10(20)19(17-16-18)7-4-13-15-9(11)6(7)5-21-8-2-3-12-14-8/h4-6,8H,2-3,7H2,1H3,(H,14,16);4-6H,3,7H2,1-2H3,(H,13,16);3-5H,6H2,1-2H3,(H,12,15);2-4H,5H2,1H3,(H,12,14)/i/hT4. The van der Waals surface area contributed by atoms with Crippen molar-refractivity contribution in [1.29, 1.82) is 0 Å². The zero-order valence-corrected chi connectivity index (χ0v) is 48.6. The molecule has 0 saturated heterocycles. The Hall–Kier alpha value is -11.4. The molecule has 1 aliphatic carbocycles. The Balaban J connectivity index is 0.000000133. The zero-order valence-electron chi connectivity index (χ0n) is 50.4. The summed E-state index contributed by atoms with van der Waals surface area (Å²) in [6.07, 6.45) is 14.2. The smallest absolute Gasteiger partial charge is 0.368 e. The van der Waals surface area contributed by atoms with E-state index in [2.05, 4.69) is 103 Å². The van der Waals surface area contributed by atoms with Crippen molar-refractivity contribution in [2.45, 2.75) is 65.5 Å². The van der Waals surface area contributed by atoms with Crippen molar-refractivity contribution in [3.63, 3.8) is 0 Å². The average Bonchev–Trinajstić information content (AvgIpc) is 2.09. The first-order chi connectivity index (χ1) is 43.8. The maximum absolute atomic E-state index is 12.2. The first kappa shape index (κ1) is 53.6. The Bertz CT molecular complexity index is 4600. The molecule has 87 heavy (non-hydrogen) atoms. The molecule has 0 atom stereocenters. The third-order valence-corrected chi connectivity index (χ3v) is 13.2. The first-order valence-electron chi connectivity index (χ1n) is 27.3. The fourth-order valence-electron chi connectivity index (χ4n) is 7.68. The van der Waals surface area contributed by atoms with Crippen LogP contribution in [0.2, 0.25) is 5.65 Å². The van der Waals surface area contributed by atoms with Crippen molar-refractivity contribution in [2.75, 3.05) is 0 Å². The minimum Gasteiger partial charge on any atom is -0.472 e. The summed E-state index contributed by atoms with van der Waals surface area (Å²) in [4.78, 5) is 48.2. The molecule has 0 aromatic carbocycles. The lowest BCUT2D eigenvalue weighted by atomic mass is 10.1. The Morgan fingerprint density at radius 3 is 1.21 bits per heavy atom. The van der Waals surface area contributed by atoms with Gasteiger partial charge in [-0.2, -0.15) is 73.1 Å². The van der Waals surface area contributed by atoms with Crippen molar-refractivity contribution in [2.24, 2.45) is 28.2 Å². The van der Waals surface area contributed by atoms with Gasteiger partial charge in [0.15, 0.2) is 5.65 Å². The fourth-order valence-corrected chi connectivity index (χ4v) is 8.23. The number of aromatic amines is 4. The summed E-state index contributed by atoms with van der Waals surface area (Å²) in [6.45, 7) is 4.15. The molecule has 0 bridgehead atoms. The van der Waals surface area contributed by atoms with Gasteiger partial charge in [-0.15, -0.1) is 25.5 Å². The van der Waals surface area contributed by atoms with E-state index < -0.39 is 17.1 Å². The Kier molecular flexibility index (Phi) is 16.5. The molecule has 41 heteroatoms. The van der Waals surface area contributed by atoms with Crippen LogP contribution in [0.25, 0.3) is 22.7 Å². The van der Waals surface area contributed by atoms with Gasteiger partial charge in [0.1, 0.15) is 52.9 Å². The summed E-state index contributed by atoms with van der Waals surface area (Å²) >= 11 is 1.99. The second kappa shape index (κ2) is 26.9. The molecule has 12 aromatic rings. The molecular weight excluding hydrogens is 1260 g/mol. The van der Waals surface area contributed by atoms with Crippen LogP contribution in [0.4, 0.5) is 0 Å². The van der Waals surface area contributed by atoms with Gasteiger partial charge in [-0.05, 0) is 90.5 Å². The van der Waals surface area contributed by atoms with E-state index in [4.69, 9.17) is 24.6 Å². The number of hydrogen-bond acceptors (Lipinski definition) is 28. The molecule has 12 heterocycles. The number of halogens is 1. The number of aryl methyl sites for hydroxylation is 6. The van der Waals surface area contributed by atoms with E-state index >= 15 is 0 Å². The molecule has 0 radical (unpaired) electrons. The average molecular weight is 1310 g/mol. The molecule has 0 aliphatic heterocycles. The predicted octanol–water partition coefficient (Wildman–Crippen LogP) is -1.41. The predicted molar refractivity (Wildman–Crippen MR) is 299 cm³/mol. The van der Waals surface area contributed by atoms with E-state index in [1.165, 1.54) is 82.4 Å². The molecule has 0 unspecified atom stereocenters. The highest BCUT2D eigenvalue weighted by Crippen LogP contribution is 2.41. The quantitative estimate of drug-likeness (QED) is 0.0717. The summed E-state index contributed by atoms with van der Waals surface area (Å²) in [7, 11) is 6.05. The van der Waals surface area contributed by atoms with Crippen LogP contribution in [0.15, 0.2) is 93.0 Å². The van der Waals surface area contributed by atoms with E-state index in [-0.39, 0.29) is 32.1 Å². The fraction of sp³-hybridized carbons (Fsp3) is 0.304. The van der Waals surface area contributed by atoms with E-state index in [9.17, 15) is 19.2 Å². The molecular formula is C46H49IN32O8. The Morgan fingerprint density at radius 1 is 0.483 bits per heavy atom. The molecule has 1 saturated carbocycles. The van der Waals surface area contributed by atoms with Gasteiger partial charge in [0.2, 0.25) is 23.5 Å². The maximum atomic E-state index is 12.2. The van der Waals surface area contributed by atoms with E-state index in [0.717, 1.165) is 77.2 Å². The number of nitrogens with one attached hydrogen (secondary N) is 4. The molecule has 4 N–H and O–H groups in total. The normalized spacial score (nSPS) is 12.3. The third-order valence-electron chi connectivity index (χ3n) is 12.3. The first-order valence-corrected chi connectivity index (χ1v) is 26.6. The third kappa shape index (κ3) is 13.7. The van der Waals surface area contributed by atoms with Gasteiger partial charge in [-0.1, -0.05) is 6.92 Å². The van der Waals surface area contributed by atoms with Gasteiger partial charge >= 0.3 is 22.8 Å². The molecule has 1 aliphatic rings. The van der Waals surface area contributed by atoms with Crippen molar-refractivity contribution >= 4 is 22.6 Å². The molecule has 12 aromatic heterocycles. The summed E-state index contributed by atoms with van der Waals surface area (Å²) in [5, 5.41) is 80.7. The van der Waals surface area contributed by atoms with Crippen LogP contribution in [-0.2, 0) is 61.0 Å². The van der Waals surface area contributed by atoms with Crippen molar-refractivity contribution in [3.05, 3.63) is 159 Å². The molecule has 448 valence electrons. The van der Waals surface area contributed by atoms with Crippen LogP contribution in [0.1, 0.15) is 65.0 Å². The van der Waals surface area contributed by atoms with Crippen molar-refractivity contribution in [1.82, 2.24) is 161 Å². The highest BCUT2D eigenvalue weighted by atomic mass is 127. The topological polar surface area (TPSA) is 466 Å². The second-order valence-electron chi connectivity index (χ2n) is 18.0. The zero-order chi connectivity index (χ0) is 64.5. The summed E-state index contributed by atoms with van der Waals surface area (Å²) in [5.74, 6) is 1.53. The van der Waals surface area contributed by atoms with Crippen molar-refractivity contribution in [3.8, 4) is 46.3 Å². The highest BCUT2D eigenvalue weighted by molar-refractivity contribution is 14.1. The van der Waals surface area contributed by atoms with Gasteiger partial charge in [0.05, 0.1) is 47.4 Å². The summed E-state index contributed by atoms with van der Waals surface area (Å²) in [6, 6.07) is 6.28. The Labute approximate surface area is 504 Å². The second-order valence-corrected chi connectivity index (χ2v) is 19.0. The monoisotopic (exact) mass is 1310 g/mol. The van der Waals surface area contributed by atoms with Gasteiger partial charge in [0, 0.05) is 99.9 Å². The number of nitrogens with zero attached hydrogens (tertiary/aromatic N) is 28. The van der Waals surface area contributed by atoms with Crippen LogP contribution in [0.3, 0.4) is 0 Å². The van der Waals surface area contributed by atoms with Crippen LogP contribution < -0.4 is 41.7 Å². The largest absolute Gasteiger partial charge is 0.472 e. The lowest BCUT2D eigenvalue weighted by Gasteiger charge is -2.11. The van der Waals surface area contributed by atoms with Crippen LogP contribution >= 0.6 is 22.6 Å². The van der Waals surface area contributed by atoms with Gasteiger partial charge in [-0.25, -0.2) is 19.2 Å². The SMILES string of the molecule is [3H]n1ccc(OCc2c(-n3nnn(C)c3=O)cnnc2C)n1.[3H]n1ccc(OCc2c(-n3nnn(C)c3=O)cnnc2C2CC2)n1.[3H]n1ccc(OCc2c(-n3nnn(C)c3=O)cnnc2CC)n1.[3H]n1ccc(OCc2c(-n3nnn(C)c3=O)cnnc2I)n1. The van der Waals surface area contributed by atoms with Crippen molar-refractivity contribution < 1.29 is 24.6 Å². The minimum absolute atomic E-state index is 0.100. The molecule has 1 fully saturated rings. The van der Waals surface area contributed by atoms with E-state index in [1.807, 2.05) is 29.5 Å². The van der Waals surface area contributed by atoms with Gasteiger partial charge in [-0.3, -0.25) is 20.4 Å². The summed E-state index contributed by atoms with van der Waals surface area (Å²) < 4.78 is 61.1. The molecule has 13 rings (SSSR count).